The van der Waals surface area contributed by atoms with Crippen LogP contribution in [0.25, 0.3) is 0 Å². The van der Waals surface area contributed by atoms with Crippen molar-refractivity contribution >= 4 is 11.7 Å². The fourth-order valence-corrected chi connectivity index (χ4v) is 2.81. The third-order valence-electron chi connectivity index (χ3n) is 3.89. The third-order valence-corrected chi connectivity index (χ3v) is 3.89. The van der Waals surface area contributed by atoms with Gasteiger partial charge in [-0.25, -0.2) is 9.18 Å². The van der Waals surface area contributed by atoms with Gasteiger partial charge in [-0.2, -0.15) is 0 Å². The van der Waals surface area contributed by atoms with Crippen LogP contribution in [-0.2, 0) is 6.54 Å². The number of hydrogen-bond acceptors (Lipinski definition) is 2. The van der Waals surface area contributed by atoms with Crippen LogP contribution >= 0.6 is 0 Å². The molecule has 2 aliphatic heterocycles. The van der Waals surface area contributed by atoms with Crippen LogP contribution in [0.3, 0.4) is 0 Å². The maximum atomic E-state index is 13.2. The first kappa shape index (κ1) is 12.4. The second-order valence-electron chi connectivity index (χ2n) is 5.31. The standard InChI is InChI=1S/C14H18FN3O/c15-12-1-2-13-11(7-12)9-18(14(19)17-13)8-10-3-5-16-6-4-10/h1-2,7,10,16H,3-6,8-9H2,(H,17,19). The van der Waals surface area contributed by atoms with Crippen LogP contribution in [0, 0.1) is 11.7 Å². The lowest BCUT2D eigenvalue weighted by atomic mass is 9.97. The van der Waals surface area contributed by atoms with Gasteiger partial charge in [0.1, 0.15) is 5.82 Å². The molecule has 1 saturated heterocycles. The van der Waals surface area contributed by atoms with Crippen LogP contribution in [0.15, 0.2) is 18.2 Å². The average molecular weight is 263 g/mol. The van der Waals surface area contributed by atoms with Crippen LogP contribution in [0.5, 0.6) is 0 Å². The molecule has 2 aliphatic rings. The molecule has 4 nitrogen and oxygen atoms in total. The van der Waals surface area contributed by atoms with Gasteiger partial charge in [-0.3, -0.25) is 0 Å². The minimum atomic E-state index is -0.253. The molecule has 2 N–H and O–H groups in total. The van der Waals surface area contributed by atoms with Gasteiger partial charge in [0, 0.05) is 18.8 Å². The second kappa shape index (κ2) is 5.17. The summed E-state index contributed by atoms with van der Waals surface area (Å²) in [5, 5.41) is 6.15. The van der Waals surface area contributed by atoms with Gasteiger partial charge in [-0.15, -0.1) is 0 Å². The minimum absolute atomic E-state index is 0.0716. The fraction of sp³-hybridized carbons (Fsp3) is 0.500. The highest BCUT2D eigenvalue weighted by molar-refractivity contribution is 5.92. The van der Waals surface area contributed by atoms with E-state index in [0.29, 0.717) is 12.5 Å². The van der Waals surface area contributed by atoms with Gasteiger partial charge in [-0.1, -0.05) is 0 Å². The first-order chi connectivity index (χ1) is 9.22. The average Bonchev–Trinajstić information content (AvgIpc) is 2.41. The Bertz CT molecular complexity index is 486. The SMILES string of the molecule is O=C1Nc2ccc(F)cc2CN1CC1CCNCC1. The Kier molecular flexibility index (Phi) is 3.38. The zero-order chi connectivity index (χ0) is 13.2. The lowest BCUT2D eigenvalue weighted by molar-refractivity contribution is 0.186. The van der Waals surface area contributed by atoms with Crippen LogP contribution in [0.4, 0.5) is 14.9 Å². The Hall–Kier alpha value is -1.62. The summed E-state index contributed by atoms with van der Waals surface area (Å²) < 4.78 is 13.2. The van der Waals surface area contributed by atoms with Crippen molar-refractivity contribution < 1.29 is 9.18 Å². The molecule has 0 aliphatic carbocycles. The molecule has 1 aromatic carbocycles. The number of fused-ring (bicyclic) bond motifs is 1. The van der Waals surface area contributed by atoms with Crippen molar-refractivity contribution in [3.8, 4) is 0 Å². The number of carbonyl (C=O) groups excluding carboxylic acids is 1. The molecule has 0 bridgehead atoms. The van der Waals surface area contributed by atoms with E-state index >= 15 is 0 Å². The van der Waals surface area contributed by atoms with Crippen LogP contribution < -0.4 is 10.6 Å². The molecule has 1 aromatic rings. The number of anilines is 1. The highest BCUT2D eigenvalue weighted by Crippen LogP contribution is 2.25. The summed E-state index contributed by atoms with van der Waals surface area (Å²) in [5.74, 6) is 0.291. The first-order valence-electron chi connectivity index (χ1n) is 6.77. The largest absolute Gasteiger partial charge is 0.322 e. The number of nitrogens with zero attached hydrogens (tertiary/aromatic N) is 1. The van der Waals surface area contributed by atoms with Crippen molar-refractivity contribution in [3.05, 3.63) is 29.6 Å². The Morgan fingerprint density at radius 2 is 2.11 bits per heavy atom. The number of piperidine rings is 1. The van der Waals surface area contributed by atoms with E-state index in [1.807, 2.05) is 0 Å². The molecule has 0 radical (unpaired) electrons. The number of hydrogen-bond donors (Lipinski definition) is 2. The molecule has 2 amide bonds. The van der Waals surface area contributed by atoms with E-state index in [2.05, 4.69) is 10.6 Å². The number of halogens is 1. The van der Waals surface area contributed by atoms with Crippen molar-refractivity contribution in [1.82, 2.24) is 10.2 Å². The first-order valence-corrected chi connectivity index (χ1v) is 6.77. The molecule has 3 rings (SSSR count). The van der Waals surface area contributed by atoms with E-state index in [-0.39, 0.29) is 11.8 Å². The number of nitrogens with one attached hydrogen (secondary N) is 2. The van der Waals surface area contributed by atoms with E-state index in [1.165, 1.54) is 12.1 Å². The summed E-state index contributed by atoms with van der Waals surface area (Å²) in [5.41, 5.74) is 1.58. The van der Waals surface area contributed by atoms with Gasteiger partial charge in [0.25, 0.3) is 0 Å². The third kappa shape index (κ3) is 2.71. The Labute approximate surface area is 112 Å². The molecule has 5 heteroatoms. The zero-order valence-electron chi connectivity index (χ0n) is 10.8. The quantitative estimate of drug-likeness (QED) is 0.859. The summed E-state index contributed by atoms with van der Waals surface area (Å²) in [7, 11) is 0. The van der Waals surface area contributed by atoms with Crippen molar-refractivity contribution in [2.24, 2.45) is 5.92 Å². The molecular formula is C14H18FN3O. The van der Waals surface area contributed by atoms with E-state index in [0.717, 1.165) is 43.7 Å². The highest BCUT2D eigenvalue weighted by Gasteiger charge is 2.25. The maximum absolute atomic E-state index is 13.2. The minimum Gasteiger partial charge on any atom is -0.320 e. The van der Waals surface area contributed by atoms with E-state index in [9.17, 15) is 9.18 Å². The number of urea groups is 1. The van der Waals surface area contributed by atoms with Crippen molar-refractivity contribution in [2.45, 2.75) is 19.4 Å². The predicted molar refractivity (Wildman–Crippen MR) is 71.4 cm³/mol. The lowest BCUT2D eigenvalue weighted by Crippen LogP contribution is -2.43. The highest BCUT2D eigenvalue weighted by atomic mass is 19.1. The fourth-order valence-electron chi connectivity index (χ4n) is 2.81. The molecule has 0 atom stereocenters. The van der Waals surface area contributed by atoms with Gasteiger partial charge in [0.05, 0.1) is 0 Å². The van der Waals surface area contributed by atoms with Crippen molar-refractivity contribution in [2.75, 3.05) is 25.0 Å². The number of benzene rings is 1. The second-order valence-corrected chi connectivity index (χ2v) is 5.31. The van der Waals surface area contributed by atoms with Crippen LogP contribution in [0.2, 0.25) is 0 Å². The predicted octanol–water partition coefficient (Wildman–Crippen LogP) is 2.17. The van der Waals surface area contributed by atoms with Gasteiger partial charge in [-0.05, 0) is 55.6 Å². The van der Waals surface area contributed by atoms with E-state index in [4.69, 9.17) is 0 Å². The van der Waals surface area contributed by atoms with Gasteiger partial charge in [0.15, 0.2) is 0 Å². The van der Waals surface area contributed by atoms with Gasteiger partial charge in [0.2, 0.25) is 0 Å². The molecule has 0 spiro atoms. The monoisotopic (exact) mass is 263 g/mol. The normalized spacial score (nSPS) is 20.1. The van der Waals surface area contributed by atoms with Crippen LogP contribution in [-0.4, -0.2) is 30.6 Å². The summed E-state index contributed by atoms with van der Waals surface area (Å²) in [6.07, 6.45) is 2.19. The summed E-state index contributed by atoms with van der Waals surface area (Å²) in [4.78, 5) is 13.8. The van der Waals surface area contributed by atoms with Crippen molar-refractivity contribution in [1.29, 1.82) is 0 Å². The topological polar surface area (TPSA) is 44.4 Å². The zero-order valence-corrected chi connectivity index (χ0v) is 10.8. The molecule has 0 saturated carbocycles. The molecule has 0 aromatic heterocycles. The number of rotatable bonds is 2. The van der Waals surface area contributed by atoms with E-state index < -0.39 is 0 Å². The summed E-state index contributed by atoms with van der Waals surface area (Å²) in [6, 6.07) is 4.44. The Balaban J connectivity index is 1.71. The molecular weight excluding hydrogens is 245 g/mol. The van der Waals surface area contributed by atoms with Crippen LogP contribution in [0.1, 0.15) is 18.4 Å². The molecule has 19 heavy (non-hydrogen) atoms. The maximum Gasteiger partial charge on any atom is 0.322 e. The summed E-state index contributed by atoms with van der Waals surface area (Å²) in [6.45, 7) is 3.29. The summed E-state index contributed by atoms with van der Waals surface area (Å²) >= 11 is 0. The molecule has 2 heterocycles. The van der Waals surface area contributed by atoms with E-state index in [1.54, 1.807) is 11.0 Å². The molecule has 0 unspecified atom stereocenters. The molecule has 1 fully saturated rings. The number of amides is 2. The van der Waals surface area contributed by atoms with Gasteiger partial charge < -0.3 is 15.5 Å². The lowest BCUT2D eigenvalue weighted by Gasteiger charge is -2.33. The van der Waals surface area contributed by atoms with Gasteiger partial charge >= 0.3 is 6.03 Å². The molecule has 102 valence electrons. The number of carbonyl (C=O) groups is 1. The smallest absolute Gasteiger partial charge is 0.320 e. The Morgan fingerprint density at radius 3 is 2.89 bits per heavy atom. The van der Waals surface area contributed by atoms with Crippen molar-refractivity contribution in [3.63, 3.8) is 0 Å². The Morgan fingerprint density at radius 1 is 1.32 bits per heavy atom.